The SMILES string of the molecule is CN(C)c1ccc(C=C2CCC(=Cc3ccc(N(C)C)cc3Br)C2=O)c(Br)c1. The number of ketones is 1. The topological polar surface area (TPSA) is 23.6 Å². The predicted octanol–water partition coefficient (Wildman–Crippen LogP) is 6.17. The molecular weight excluding hydrogens is 480 g/mol. The highest BCUT2D eigenvalue weighted by atomic mass is 79.9. The molecule has 2 aromatic carbocycles. The summed E-state index contributed by atoms with van der Waals surface area (Å²) in [5.41, 5.74) is 6.05. The summed E-state index contributed by atoms with van der Waals surface area (Å²) in [6.07, 6.45) is 5.58. The van der Waals surface area contributed by atoms with Gasteiger partial charge in [0.2, 0.25) is 0 Å². The van der Waals surface area contributed by atoms with Crippen LogP contribution in [0.1, 0.15) is 24.0 Å². The minimum absolute atomic E-state index is 0.146. The number of carbonyl (C=O) groups excluding carboxylic acids is 1. The van der Waals surface area contributed by atoms with Gasteiger partial charge in [0, 0.05) is 59.7 Å². The zero-order valence-corrected chi connectivity index (χ0v) is 19.8. The van der Waals surface area contributed by atoms with Crippen molar-refractivity contribution in [2.45, 2.75) is 12.8 Å². The molecule has 1 saturated carbocycles. The zero-order chi connectivity index (χ0) is 20.4. The molecule has 146 valence electrons. The van der Waals surface area contributed by atoms with Crippen molar-refractivity contribution in [3.05, 3.63) is 67.6 Å². The third kappa shape index (κ3) is 4.58. The van der Waals surface area contributed by atoms with Crippen molar-refractivity contribution in [3.63, 3.8) is 0 Å². The Hall–Kier alpha value is -1.85. The van der Waals surface area contributed by atoms with Crippen molar-refractivity contribution in [1.82, 2.24) is 0 Å². The molecular formula is C23H24Br2N2O. The van der Waals surface area contributed by atoms with Crippen LogP contribution in [0, 0.1) is 0 Å². The Morgan fingerprint density at radius 1 is 0.750 bits per heavy atom. The molecule has 0 heterocycles. The van der Waals surface area contributed by atoms with E-state index in [4.69, 9.17) is 0 Å². The lowest BCUT2D eigenvalue weighted by atomic mass is 10.1. The van der Waals surface area contributed by atoms with Crippen LogP contribution < -0.4 is 9.80 Å². The van der Waals surface area contributed by atoms with E-state index < -0.39 is 0 Å². The molecule has 0 aliphatic heterocycles. The van der Waals surface area contributed by atoms with Gasteiger partial charge in [-0.1, -0.05) is 44.0 Å². The van der Waals surface area contributed by atoms with Crippen LogP contribution >= 0.6 is 31.9 Å². The molecule has 2 aromatic rings. The highest BCUT2D eigenvalue weighted by molar-refractivity contribution is 9.10. The first-order valence-electron chi connectivity index (χ1n) is 9.16. The molecule has 0 aromatic heterocycles. The molecule has 0 bridgehead atoms. The monoisotopic (exact) mass is 502 g/mol. The first kappa shape index (κ1) is 20.9. The van der Waals surface area contributed by atoms with E-state index in [1.54, 1.807) is 0 Å². The maximum Gasteiger partial charge on any atom is 0.185 e. The standard InChI is InChI=1S/C23H24Br2N2O/c1-26(2)19-9-7-15(21(24)13-19)11-17-5-6-18(23(17)28)12-16-8-10-20(27(3)4)14-22(16)25/h7-14H,5-6H2,1-4H3. The van der Waals surface area contributed by atoms with Crippen LogP contribution in [0.25, 0.3) is 12.2 Å². The van der Waals surface area contributed by atoms with Gasteiger partial charge >= 0.3 is 0 Å². The third-order valence-electron chi connectivity index (χ3n) is 4.91. The number of halogens is 2. The van der Waals surface area contributed by atoms with E-state index in [0.717, 1.165) is 55.4 Å². The van der Waals surface area contributed by atoms with E-state index in [0.29, 0.717) is 0 Å². The lowest BCUT2D eigenvalue weighted by Gasteiger charge is -2.13. The predicted molar refractivity (Wildman–Crippen MR) is 127 cm³/mol. The molecule has 0 spiro atoms. The molecule has 1 aliphatic carbocycles. The van der Waals surface area contributed by atoms with Gasteiger partial charge in [0.05, 0.1) is 0 Å². The summed E-state index contributed by atoms with van der Waals surface area (Å²) in [5, 5.41) is 0. The van der Waals surface area contributed by atoms with Gasteiger partial charge in [-0.05, 0) is 60.4 Å². The van der Waals surface area contributed by atoms with Gasteiger partial charge < -0.3 is 9.80 Å². The van der Waals surface area contributed by atoms with Crippen molar-refractivity contribution < 1.29 is 4.79 Å². The summed E-state index contributed by atoms with van der Waals surface area (Å²) in [4.78, 5) is 17.0. The number of rotatable bonds is 4. The number of benzene rings is 2. The number of nitrogens with zero attached hydrogens (tertiary/aromatic N) is 2. The summed E-state index contributed by atoms with van der Waals surface area (Å²) >= 11 is 7.26. The van der Waals surface area contributed by atoms with E-state index in [2.05, 4.69) is 78.1 Å². The van der Waals surface area contributed by atoms with E-state index in [9.17, 15) is 4.79 Å². The molecule has 3 rings (SSSR count). The number of hydrogen-bond donors (Lipinski definition) is 0. The Labute approximate surface area is 184 Å². The van der Waals surface area contributed by atoms with Crippen molar-refractivity contribution in [2.75, 3.05) is 38.0 Å². The van der Waals surface area contributed by atoms with Gasteiger partial charge in [0.1, 0.15) is 0 Å². The summed E-state index contributed by atoms with van der Waals surface area (Å²) in [5.74, 6) is 0.146. The Morgan fingerprint density at radius 3 is 1.46 bits per heavy atom. The first-order valence-corrected chi connectivity index (χ1v) is 10.7. The maximum absolute atomic E-state index is 12.9. The molecule has 28 heavy (non-hydrogen) atoms. The first-order chi connectivity index (χ1) is 13.3. The van der Waals surface area contributed by atoms with Crippen LogP contribution in [0.5, 0.6) is 0 Å². The minimum atomic E-state index is 0.146. The molecule has 0 N–H and O–H groups in total. The Balaban J connectivity index is 1.85. The molecule has 0 amide bonds. The van der Waals surface area contributed by atoms with E-state index in [1.807, 2.05) is 40.3 Å². The second kappa shape index (κ2) is 8.66. The molecule has 0 radical (unpaired) electrons. The molecule has 5 heteroatoms. The second-order valence-electron chi connectivity index (χ2n) is 7.37. The van der Waals surface area contributed by atoms with Gasteiger partial charge in [-0.2, -0.15) is 0 Å². The van der Waals surface area contributed by atoms with Crippen LogP contribution in [0.2, 0.25) is 0 Å². The quantitative estimate of drug-likeness (QED) is 0.466. The minimum Gasteiger partial charge on any atom is -0.378 e. The molecule has 1 fully saturated rings. The smallest absolute Gasteiger partial charge is 0.185 e. The largest absolute Gasteiger partial charge is 0.378 e. The van der Waals surface area contributed by atoms with Crippen molar-refractivity contribution in [1.29, 1.82) is 0 Å². The number of anilines is 2. The lowest BCUT2D eigenvalue weighted by Crippen LogP contribution is -2.08. The normalized spacial score (nSPS) is 16.9. The van der Waals surface area contributed by atoms with Crippen LogP contribution in [-0.4, -0.2) is 34.0 Å². The number of Topliss-reactive ketones (excluding diaryl/α,β-unsaturated/α-hetero) is 1. The van der Waals surface area contributed by atoms with Gasteiger partial charge in [0.15, 0.2) is 5.78 Å². The zero-order valence-electron chi connectivity index (χ0n) is 16.6. The average molecular weight is 504 g/mol. The summed E-state index contributed by atoms with van der Waals surface area (Å²) in [6, 6.07) is 12.4. The maximum atomic E-state index is 12.9. The molecule has 0 atom stereocenters. The van der Waals surface area contributed by atoms with Crippen molar-refractivity contribution in [2.24, 2.45) is 0 Å². The fourth-order valence-corrected chi connectivity index (χ4v) is 4.14. The molecule has 1 aliphatic rings. The van der Waals surface area contributed by atoms with Crippen molar-refractivity contribution in [3.8, 4) is 0 Å². The molecule has 3 nitrogen and oxygen atoms in total. The van der Waals surface area contributed by atoms with Gasteiger partial charge in [-0.15, -0.1) is 0 Å². The number of allylic oxidation sites excluding steroid dienone is 2. The number of hydrogen-bond acceptors (Lipinski definition) is 3. The Bertz CT molecular complexity index is 897. The highest BCUT2D eigenvalue weighted by Crippen LogP contribution is 2.33. The summed E-state index contributed by atoms with van der Waals surface area (Å²) < 4.78 is 2.00. The molecule has 0 saturated heterocycles. The summed E-state index contributed by atoms with van der Waals surface area (Å²) in [7, 11) is 8.06. The summed E-state index contributed by atoms with van der Waals surface area (Å²) in [6.45, 7) is 0. The van der Waals surface area contributed by atoms with Crippen molar-refractivity contribution >= 4 is 61.2 Å². The van der Waals surface area contributed by atoms with Gasteiger partial charge in [-0.3, -0.25) is 4.79 Å². The van der Waals surface area contributed by atoms with E-state index in [-0.39, 0.29) is 5.78 Å². The van der Waals surface area contributed by atoms with Crippen LogP contribution in [0.15, 0.2) is 56.5 Å². The second-order valence-corrected chi connectivity index (χ2v) is 9.08. The van der Waals surface area contributed by atoms with Crippen LogP contribution in [0.4, 0.5) is 11.4 Å². The van der Waals surface area contributed by atoms with Gasteiger partial charge in [0.25, 0.3) is 0 Å². The fourth-order valence-electron chi connectivity index (χ4n) is 3.18. The Morgan fingerprint density at radius 2 is 1.14 bits per heavy atom. The van der Waals surface area contributed by atoms with Crippen LogP contribution in [-0.2, 0) is 4.79 Å². The average Bonchev–Trinajstić information content (AvgIpc) is 2.98. The Kier molecular flexibility index (Phi) is 6.46. The highest BCUT2D eigenvalue weighted by Gasteiger charge is 2.23. The third-order valence-corrected chi connectivity index (χ3v) is 6.28. The fraction of sp³-hybridized carbons (Fsp3) is 0.261. The van der Waals surface area contributed by atoms with Gasteiger partial charge in [-0.25, -0.2) is 0 Å². The number of carbonyl (C=O) groups is 1. The van der Waals surface area contributed by atoms with Crippen LogP contribution in [0.3, 0.4) is 0 Å². The van der Waals surface area contributed by atoms with E-state index in [1.165, 1.54) is 0 Å². The van der Waals surface area contributed by atoms with E-state index >= 15 is 0 Å². The lowest BCUT2D eigenvalue weighted by molar-refractivity contribution is -0.111. The molecule has 0 unspecified atom stereocenters.